The summed E-state index contributed by atoms with van der Waals surface area (Å²) >= 11 is 1.21. The van der Waals surface area contributed by atoms with E-state index in [4.69, 9.17) is 4.42 Å². The maximum Gasteiger partial charge on any atom is 0.292 e. The summed E-state index contributed by atoms with van der Waals surface area (Å²) in [5, 5.41) is 15.2. The molecule has 146 valence electrons. The molecule has 2 aromatic carbocycles. The number of fused-ring (bicyclic) bond motifs is 3. The number of aryl methyl sites for hydroxylation is 1. The van der Waals surface area contributed by atoms with Crippen molar-refractivity contribution in [3.05, 3.63) is 64.5 Å². The predicted octanol–water partition coefficient (Wildman–Crippen LogP) is 4.58. The van der Waals surface area contributed by atoms with Gasteiger partial charge in [-0.05, 0) is 18.2 Å². The first kappa shape index (κ1) is 18.9. The number of carbonyl (C=O) groups excluding carboxylic acids is 1. The van der Waals surface area contributed by atoms with Crippen LogP contribution in [-0.4, -0.2) is 26.6 Å². The number of aromatic nitrogens is 2. The molecule has 0 aliphatic carbocycles. The number of hydrogen-bond donors (Lipinski definition) is 1. The third kappa shape index (κ3) is 3.77. The average molecular weight is 408 g/mol. The fourth-order valence-corrected chi connectivity index (χ4v) is 3.70. The van der Waals surface area contributed by atoms with Gasteiger partial charge in [-0.25, -0.2) is 9.97 Å². The normalized spacial score (nSPS) is 11.1. The maximum absolute atomic E-state index is 12.4. The number of hydrogen-bond acceptors (Lipinski definition) is 7. The SMILES string of the molecule is CCc1nc(SCC(=O)Nc2ccccc2[N+](=O)[O-])c2oc3ccccc3c2n1. The number of nitrogens with zero attached hydrogens (tertiary/aromatic N) is 3. The fraction of sp³-hybridized carbons (Fsp3) is 0.150. The van der Waals surface area contributed by atoms with Crippen LogP contribution in [0.25, 0.3) is 22.1 Å². The average Bonchev–Trinajstić information content (AvgIpc) is 3.11. The lowest BCUT2D eigenvalue weighted by Gasteiger charge is -2.06. The molecule has 0 bridgehead atoms. The van der Waals surface area contributed by atoms with Gasteiger partial charge in [-0.2, -0.15) is 0 Å². The largest absolute Gasteiger partial charge is 0.451 e. The molecule has 2 aromatic heterocycles. The van der Waals surface area contributed by atoms with Crippen LogP contribution in [0.3, 0.4) is 0 Å². The van der Waals surface area contributed by atoms with E-state index >= 15 is 0 Å². The molecule has 0 radical (unpaired) electrons. The van der Waals surface area contributed by atoms with Crippen molar-refractivity contribution in [1.82, 2.24) is 9.97 Å². The van der Waals surface area contributed by atoms with Gasteiger partial charge in [0.25, 0.3) is 5.69 Å². The Morgan fingerprint density at radius 3 is 2.72 bits per heavy atom. The first-order chi connectivity index (χ1) is 14.1. The van der Waals surface area contributed by atoms with Crippen molar-refractivity contribution >= 4 is 51.1 Å². The van der Waals surface area contributed by atoms with Gasteiger partial charge >= 0.3 is 0 Å². The molecule has 0 aliphatic rings. The summed E-state index contributed by atoms with van der Waals surface area (Å²) in [6, 6.07) is 13.6. The van der Waals surface area contributed by atoms with Crippen molar-refractivity contribution in [3.63, 3.8) is 0 Å². The number of furan rings is 1. The molecule has 0 aliphatic heterocycles. The van der Waals surface area contributed by atoms with E-state index in [1.54, 1.807) is 12.1 Å². The van der Waals surface area contributed by atoms with Gasteiger partial charge in [0.2, 0.25) is 5.91 Å². The fourth-order valence-electron chi connectivity index (χ4n) is 2.92. The lowest BCUT2D eigenvalue weighted by atomic mass is 10.2. The van der Waals surface area contributed by atoms with Crippen LogP contribution in [-0.2, 0) is 11.2 Å². The van der Waals surface area contributed by atoms with Crippen LogP contribution >= 0.6 is 11.8 Å². The van der Waals surface area contributed by atoms with E-state index < -0.39 is 4.92 Å². The van der Waals surface area contributed by atoms with E-state index in [-0.39, 0.29) is 23.0 Å². The van der Waals surface area contributed by atoms with Crippen LogP contribution in [0, 0.1) is 10.1 Å². The van der Waals surface area contributed by atoms with Gasteiger partial charge in [-0.3, -0.25) is 14.9 Å². The highest BCUT2D eigenvalue weighted by Gasteiger charge is 2.18. The smallest absolute Gasteiger partial charge is 0.292 e. The summed E-state index contributed by atoms with van der Waals surface area (Å²) < 4.78 is 5.92. The van der Waals surface area contributed by atoms with Gasteiger partial charge in [0.15, 0.2) is 5.58 Å². The summed E-state index contributed by atoms with van der Waals surface area (Å²) in [5.74, 6) is 0.314. The summed E-state index contributed by atoms with van der Waals surface area (Å²) in [7, 11) is 0. The van der Waals surface area contributed by atoms with Crippen LogP contribution in [0.1, 0.15) is 12.7 Å². The van der Waals surface area contributed by atoms with E-state index in [1.807, 2.05) is 31.2 Å². The lowest BCUT2D eigenvalue weighted by molar-refractivity contribution is -0.383. The van der Waals surface area contributed by atoms with Crippen molar-refractivity contribution in [1.29, 1.82) is 0 Å². The molecule has 4 rings (SSSR count). The number of nitro benzene ring substituents is 1. The van der Waals surface area contributed by atoms with Crippen molar-refractivity contribution in [2.45, 2.75) is 18.4 Å². The summed E-state index contributed by atoms with van der Waals surface area (Å²) in [4.78, 5) is 32.1. The second-order valence-corrected chi connectivity index (χ2v) is 7.15. The van der Waals surface area contributed by atoms with Gasteiger partial charge < -0.3 is 9.73 Å². The molecular formula is C20H16N4O4S. The van der Waals surface area contributed by atoms with Crippen LogP contribution in [0.15, 0.2) is 58.0 Å². The first-order valence-electron chi connectivity index (χ1n) is 8.91. The Morgan fingerprint density at radius 2 is 1.93 bits per heavy atom. The van der Waals surface area contributed by atoms with E-state index in [0.29, 0.717) is 34.0 Å². The monoisotopic (exact) mass is 408 g/mol. The maximum atomic E-state index is 12.4. The first-order valence-corrected chi connectivity index (χ1v) is 9.89. The number of para-hydroxylation sites is 3. The quantitative estimate of drug-likeness (QED) is 0.215. The highest BCUT2D eigenvalue weighted by Crippen LogP contribution is 2.33. The van der Waals surface area contributed by atoms with E-state index in [9.17, 15) is 14.9 Å². The van der Waals surface area contributed by atoms with Crippen molar-refractivity contribution in [2.75, 3.05) is 11.1 Å². The number of rotatable bonds is 6. The Balaban J connectivity index is 1.60. The minimum Gasteiger partial charge on any atom is -0.451 e. The zero-order valence-corrected chi connectivity index (χ0v) is 16.2. The standard InChI is InChI=1S/C20H16N4O4S/c1-2-16-22-18-12-7-3-6-10-15(12)28-19(18)20(23-16)29-11-17(25)21-13-8-4-5-9-14(13)24(26)27/h3-10H,2,11H2,1H3,(H,21,25). The summed E-state index contributed by atoms with van der Waals surface area (Å²) in [5.41, 5.74) is 1.96. The second kappa shape index (κ2) is 7.88. The Kier molecular flexibility index (Phi) is 5.13. The van der Waals surface area contributed by atoms with Crippen molar-refractivity contribution in [2.24, 2.45) is 0 Å². The molecule has 8 nitrogen and oxygen atoms in total. The molecular weight excluding hydrogens is 392 g/mol. The van der Waals surface area contributed by atoms with E-state index in [0.717, 1.165) is 5.39 Å². The second-order valence-electron chi connectivity index (χ2n) is 6.19. The molecule has 0 saturated heterocycles. The molecule has 1 amide bonds. The highest BCUT2D eigenvalue weighted by atomic mass is 32.2. The third-order valence-electron chi connectivity index (χ3n) is 4.27. The van der Waals surface area contributed by atoms with E-state index in [2.05, 4.69) is 15.3 Å². The number of anilines is 1. The Bertz CT molecular complexity index is 1240. The predicted molar refractivity (Wildman–Crippen MR) is 111 cm³/mol. The number of thioether (sulfide) groups is 1. The minimum absolute atomic E-state index is 0.0262. The van der Waals surface area contributed by atoms with Crippen molar-refractivity contribution < 1.29 is 14.1 Å². The summed E-state index contributed by atoms with van der Waals surface area (Å²) in [6.45, 7) is 1.96. The van der Waals surface area contributed by atoms with Crippen molar-refractivity contribution in [3.8, 4) is 0 Å². The number of carbonyl (C=O) groups is 1. The van der Waals surface area contributed by atoms with Crippen LogP contribution < -0.4 is 5.32 Å². The molecule has 9 heteroatoms. The molecule has 0 saturated carbocycles. The third-order valence-corrected chi connectivity index (χ3v) is 5.22. The topological polar surface area (TPSA) is 111 Å². The lowest BCUT2D eigenvalue weighted by Crippen LogP contribution is -2.15. The molecule has 4 aromatic rings. The van der Waals surface area contributed by atoms with Gasteiger partial charge in [-0.15, -0.1) is 0 Å². The molecule has 1 N–H and O–H groups in total. The van der Waals surface area contributed by atoms with Crippen LogP contribution in [0.2, 0.25) is 0 Å². The molecule has 0 spiro atoms. The van der Waals surface area contributed by atoms with Gasteiger partial charge in [0, 0.05) is 17.9 Å². The molecule has 29 heavy (non-hydrogen) atoms. The number of benzene rings is 2. The zero-order chi connectivity index (χ0) is 20.4. The summed E-state index contributed by atoms with van der Waals surface area (Å²) in [6.07, 6.45) is 0.644. The minimum atomic E-state index is -0.529. The molecule has 2 heterocycles. The Morgan fingerprint density at radius 1 is 1.17 bits per heavy atom. The Hall–Kier alpha value is -3.46. The molecule has 0 unspecified atom stereocenters. The van der Waals surface area contributed by atoms with Gasteiger partial charge in [-0.1, -0.05) is 43.0 Å². The highest BCUT2D eigenvalue weighted by molar-refractivity contribution is 8.00. The zero-order valence-electron chi connectivity index (χ0n) is 15.4. The molecule has 0 fully saturated rings. The van der Waals surface area contributed by atoms with E-state index in [1.165, 1.54) is 23.9 Å². The number of nitro groups is 1. The van der Waals surface area contributed by atoms with Crippen LogP contribution in [0.4, 0.5) is 11.4 Å². The van der Waals surface area contributed by atoms with Crippen LogP contribution in [0.5, 0.6) is 0 Å². The number of amides is 1. The molecule has 0 atom stereocenters. The number of nitrogens with one attached hydrogen (secondary N) is 1. The van der Waals surface area contributed by atoms with Gasteiger partial charge in [0.1, 0.15) is 27.6 Å². The Labute approximate surface area is 169 Å². The van der Waals surface area contributed by atoms with Gasteiger partial charge in [0.05, 0.1) is 10.7 Å².